The zero-order chi connectivity index (χ0) is 18.5. The van der Waals surface area contributed by atoms with E-state index in [0.29, 0.717) is 19.0 Å². The SMILES string of the molecule is CN=C(NCCN1C(=O)CNC1=O)NC1CCN(c2cccc(Cl)c2)C1. The molecule has 1 unspecified atom stereocenters. The number of carbonyl (C=O) groups is 2. The van der Waals surface area contributed by atoms with E-state index in [1.54, 1.807) is 7.05 Å². The van der Waals surface area contributed by atoms with Gasteiger partial charge in [0.2, 0.25) is 5.91 Å². The van der Waals surface area contributed by atoms with Crippen molar-refractivity contribution >= 4 is 35.2 Å². The summed E-state index contributed by atoms with van der Waals surface area (Å²) in [6, 6.07) is 7.77. The molecular formula is C17H23ClN6O2. The number of rotatable bonds is 5. The van der Waals surface area contributed by atoms with E-state index in [-0.39, 0.29) is 24.5 Å². The predicted octanol–water partition coefficient (Wildman–Crippen LogP) is 0.636. The Bertz CT molecular complexity index is 694. The van der Waals surface area contributed by atoms with E-state index >= 15 is 0 Å². The maximum atomic E-state index is 11.6. The molecule has 0 aliphatic carbocycles. The minimum atomic E-state index is -0.340. The standard InChI is InChI=1S/C17H23ClN6O2/c1-19-16(20-6-8-24-15(25)10-21-17(24)26)22-13-5-7-23(11-13)14-4-2-3-12(18)9-14/h2-4,9,13H,5-8,10-11H2,1H3,(H,21,26)(H2,19,20,22). The summed E-state index contributed by atoms with van der Waals surface area (Å²) in [5.74, 6) is 0.461. The average molecular weight is 379 g/mol. The third kappa shape index (κ3) is 4.37. The van der Waals surface area contributed by atoms with Crippen LogP contribution in [0.3, 0.4) is 0 Å². The molecule has 0 bridgehead atoms. The van der Waals surface area contributed by atoms with E-state index in [0.717, 1.165) is 30.2 Å². The fourth-order valence-electron chi connectivity index (χ4n) is 3.14. The van der Waals surface area contributed by atoms with Gasteiger partial charge in [-0.25, -0.2) is 4.79 Å². The van der Waals surface area contributed by atoms with Gasteiger partial charge < -0.3 is 20.9 Å². The molecule has 0 aromatic heterocycles. The molecule has 1 atom stereocenters. The molecule has 8 nitrogen and oxygen atoms in total. The van der Waals surface area contributed by atoms with Crippen LogP contribution in [0.25, 0.3) is 0 Å². The number of urea groups is 1. The van der Waals surface area contributed by atoms with Crippen LogP contribution in [0.4, 0.5) is 10.5 Å². The van der Waals surface area contributed by atoms with Crippen molar-refractivity contribution in [2.45, 2.75) is 12.5 Å². The van der Waals surface area contributed by atoms with Crippen LogP contribution in [0.15, 0.2) is 29.3 Å². The predicted molar refractivity (Wildman–Crippen MR) is 102 cm³/mol. The first-order valence-corrected chi connectivity index (χ1v) is 9.00. The van der Waals surface area contributed by atoms with Crippen molar-refractivity contribution in [2.75, 3.05) is 44.7 Å². The van der Waals surface area contributed by atoms with E-state index < -0.39 is 0 Å². The van der Waals surface area contributed by atoms with Crippen molar-refractivity contribution in [1.29, 1.82) is 0 Å². The number of benzene rings is 1. The van der Waals surface area contributed by atoms with Crippen molar-refractivity contribution in [3.05, 3.63) is 29.3 Å². The Labute approximate surface area is 157 Å². The van der Waals surface area contributed by atoms with Crippen LogP contribution in [0.2, 0.25) is 5.02 Å². The van der Waals surface area contributed by atoms with Crippen LogP contribution in [-0.4, -0.2) is 68.6 Å². The Morgan fingerprint density at radius 2 is 2.27 bits per heavy atom. The molecule has 3 rings (SSSR count). The summed E-state index contributed by atoms with van der Waals surface area (Å²) in [6.07, 6.45) is 0.986. The maximum absolute atomic E-state index is 11.6. The first-order chi connectivity index (χ1) is 12.6. The highest BCUT2D eigenvalue weighted by molar-refractivity contribution is 6.30. The number of anilines is 1. The second kappa shape index (κ2) is 8.27. The van der Waals surface area contributed by atoms with Gasteiger partial charge in [0.1, 0.15) is 0 Å². The average Bonchev–Trinajstić information content (AvgIpc) is 3.22. The van der Waals surface area contributed by atoms with Crippen LogP contribution in [0, 0.1) is 0 Å². The number of nitrogens with one attached hydrogen (secondary N) is 3. The number of amides is 3. The van der Waals surface area contributed by atoms with Gasteiger partial charge in [-0.3, -0.25) is 14.7 Å². The lowest BCUT2D eigenvalue weighted by Gasteiger charge is -2.21. The van der Waals surface area contributed by atoms with E-state index in [9.17, 15) is 9.59 Å². The number of guanidine groups is 1. The third-order valence-electron chi connectivity index (χ3n) is 4.49. The molecular weight excluding hydrogens is 356 g/mol. The lowest BCUT2D eigenvalue weighted by molar-refractivity contribution is -0.124. The Hall–Kier alpha value is -2.48. The molecule has 1 aromatic carbocycles. The van der Waals surface area contributed by atoms with Gasteiger partial charge in [0.15, 0.2) is 5.96 Å². The molecule has 9 heteroatoms. The van der Waals surface area contributed by atoms with Crippen LogP contribution < -0.4 is 20.9 Å². The van der Waals surface area contributed by atoms with Crippen molar-refractivity contribution in [3.63, 3.8) is 0 Å². The molecule has 3 N–H and O–H groups in total. The van der Waals surface area contributed by atoms with Crippen LogP contribution >= 0.6 is 11.6 Å². The van der Waals surface area contributed by atoms with Crippen LogP contribution in [-0.2, 0) is 4.79 Å². The molecule has 2 heterocycles. The summed E-state index contributed by atoms with van der Waals surface area (Å²) in [4.78, 5) is 30.8. The molecule has 0 saturated carbocycles. The van der Waals surface area contributed by atoms with Crippen LogP contribution in [0.5, 0.6) is 0 Å². The molecule has 0 radical (unpaired) electrons. The van der Waals surface area contributed by atoms with E-state index in [1.807, 2.05) is 18.2 Å². The largest absolute Gasteiger partial charge is 0.369 e. The number of imide groups is 1. The Morgan fingerprint density at radius 1 is 1.42 bits per heavy atom. The Morgan fingerprint density at radius 3 is 2.96 bits per heavy atom. The van der Waals surface area contributed by atoms with Crippen molar-refractivity contribution in [3.8, 4) is 0 Å². The van der Waals surface area contributed by atoms with Gasteiger partial charge >= 0.3 is 6.03 Å². The van der Waals surface area contributed by atoms with E-state index in [4.69, 9.17) is 11.6 Å². The molecule has 2 aliphatic heterocycles. The quantitative estimate of drug-likeness (QED) is 0.397. The smallest absolute Gasteiger partial charge is 0.324 e. The maximum Gasteiger partial charge on any atom is 0.324 e. The highest BCUT2D eigenvalue weighted by Gasteiger charge is 2.28. The number of hydrogen-bond donors (Lipinski definition) is 3. The number of aliphatic imine (C=N–C) groups is 1. The first kappa shape index (κ1) is 18.3. The molecule has 2 saturated heterocycles. The first-order valence-electron chi connectivity index (χ1n) is 8.62. The fraction of sp³-hybridized carbons (Fsp3) is 0.471. The summed E-state index contributed by atoms with van der Waals surface area (Å²) >= 11 is 6.07. The molecule has 0 spiro atoms. The van der Waals surface area contributed by atoms with Gasteiger partial charge in [0.05, 0.1) is 6.54 Å². The van der Waals surface area contributed by atoms with Crippen molar-refractivity contribution in [2.24, 2.45) is 4.99 Å². The molecule has 2 aliphatic rings. The summed E-state index contributed by atoms with van der Waals surface area (Å²) in [7, 11) is 1.70. The summed E-state index contributed by atoms with van der Waals surface area (Å²) in [5.41, 5.74) is 1.11. The Kier molecular flexibility index (Phi) is 5.82. The number of halogens is 1. The minimum Gasteiger partial charge on any atom is -0.369 e. The topological polar surface area (TPSA) is 89.1 Å². The lowest BCUT2D eigenvalue weighted by Crippen LogP contribution is -2.47. The third-order valence-corrected chi connectivity index (χ3v) is 4.73. The van der Waals surface area contributed by atoms with Crippen molar-refractivity contribution < 1.29 is 9.59 Å². The summed E-state index contributed by atoms with van der Waals surface area (Å²) in [6.45, 7) is 2.63. The van der Waals surface area contributed by atoms with Gasteiger partial charge in [-0.15, -0.1) is 0 Å². The normalized spacial score (nSPS) is 20.5. The molecule has 140 valence electrons. The molecule has 2 fully saturated rings. The number of nitrogens with zero attached hydrogens (tertiary/aromatic N) is 3. The van der Waals surface area contributed by atoms with Gasteiger partial charge in [-0.1, -0.05) is 17.7 Å². The van der Waals surface area contributed by atoms with Gasteiger partial charge in [-0.05, 0) is 24.6 Å². The number of hydrogen-bond acceptors (Lipinski definition) is 4. The van der Waals surface area contributed by atoms with E-state index in [1.165, 1.54) is 4.90 Å². The highest BCUT2D eigenvalue weighted by Crippen LogP contribution is 2.23. The molecule has 1 aromatic rings. The van der Waals surface area contributed by atoms with Gasteiger partial charge in [0.25, 0.3) is 0 Å². The van der Waals surface area contributed by atoms with Crippen LogP contribution in [0.1, 0.15) is 6.42 Å². The summed E-state index contributed by atoms with van der Waals surface area (Å²) in [5, 5.41) is 9.78. The molecule has 26 heavy (non-hydrogen) atoms. The second-order valence-electron chi connectivity index (χ2n) is 6.26. The lowest BCUT2D eigenvalue weighted by atomic mass is 10.3. The zero-order valence-corrected chi connectivity index (χ0v) is 15.4. The number of carbonyl (C=O) groups excluding carboxylic acids is 2. The second-order valence-corrected chi connectivity index (χ2v) is 6.70. The Balaban J connectivity index is 1.45. The summed E-state index contributed by atoms with van der Waals surface area (Å²) < 4.78 is 0. The highest BCUT2D eigenvalue weighted by atomic mass is 35.5. The van der Waals surface area contributed by atoms with Crippen molar-refractivity contribution in [1.82, 2.24) is 20.9 Å². The van der Waals surface area contributed by atoms with E-state index in [2.05, 4.69) is 31.9 Å². The van der Waals surface area contributed by atoms with Gasteiger partial charge in [0, 0.05) is 50.0 Å². The zero-order valence-electron chi connectivity index (χ0n) is 14.7. The minimum absolute atomic E-state index is 0.0766. The fourth-order valence-corrected chi connectivity index (χ4v) is 3.33. The van der Waals surface area contributed by atoms with Gasteiger partial charge in [-0.2, -0.15) is 0 Å². The monoisotopic (exact) mass is 378 g/mol. The molecule has 3 amide bonds.